The molecule has 0 spiro atoms. The van der Waals surface area contributed by atoms with Crippen LogP contribution in [0.15, 0.2) is 73.9 Å². The van der Waals surface area contributed by atoms with E-state index < -0.39 is 11.9 Å². The van der Waals surface area contributed by atoms with Gasteiger partial charge in [-0.15, -0.1) is 0 Å². The molecule has 0 aliphatic rings. The van der Waals surface area contributed by atoms with E-state index in [0.717, 1.165) is 0 Å². The minimum Gasteiger partial charge on any atom is -0.423 e. The molecule has 1 rings (SSSR count). The van der Waals surface area contributed by atoms with Gasteiger partial charge in [0.1, 0.15) is 11.5 Å². The molecule has 0 unspecified atom stereocenters. The van der Waals surface area contributed by atoms with Gasteiger partial charge in [-0.05, 0) is 12.1 Å². The van der Waals surface area contributed by atoms with Gasteiger partial charge in [-0.3, -0.25) is 0 Å². The highest BCUT2D eigenvalue weighted by atomic mass is 16.5. The maximum absolute atomic E-state index is 11.4. The first-order chi connectivity index (χ1) is 9.65. The molecule has 4 heteroatoms. The number of allylic oxidation sites excluding steroid dienone is 4. The highest BCUT2D eigenvalue weighted by Crippen LogP contribution is 2.19. The third kappa shape index (κ3) is 5.64. The molecule has 0 amide bonds. The van der Waals surface area contributed by atoms with Gasteiger partial charge in [0.05, 0.1) is 0 Å². The van der Waals surface area contributed by atoms with Crippen molar-refractivity contribution >= 4 is 11.9 Å². The van der Waals surface area contributed by atoms with Gasteiger partial charge in [0, 0.05) is 18.2 Å². The SMILES string of the molecule is C=CC=CC(=O)Oc1cccc(OC(=O)C=CC=C)c1. The number of hydrogen-bond donors (Lipinski definition) is 0. The summed E-state index contributed by atoms with van der Waals surface area (Å²) in [5, 5.41) is 0. The molecule has 102 valence electrons. The second-order valence-electron chi connectivity index (χ2n) is 3.51. The van der Waals surface area contributed by atoms with Gasteiger partial charge in [-0.1, -0.05) is 43.5 Å². The van der Waals surface area contributed by atoms with Crippen LogP contribution >= 0.6 is 0 Å². The zero-order valence-electron chi connectivity index (χ0n) is 10.8. The maximum atomic E-state index is 11.4. The minimum absolute atomic E-state index is 0.279. The summed E-state index contributed by atoms with van der Waals surface area (Å²) >= 11 is 0. The summed E-state index contributed by atoms with van der Waals surface area (Å²) in [5.74, 6) is -0.525. The molecule has 0 radical (unpaired) electrons. The summed E-state index contributed by atoms with van der Waals surface area (Å²) in [6.07, 6.45) is 8.33. The number of benzene rings is 1. The Hall–Kier alpha value is -2.88. The highest BCUT2D eigenvalue weighted by molar-refractivity contribution is 5.85. The Bertz CT molecular complexity index is 520. The van der Waals surface area contributed by atoms with E-state index >= 15 is 0 Å². The summed E-state index contributed by atoms with van der Waals surface area (Å²) in [7, 11) is 0. The van der Waals surface area contributed by atoms with Crippen LogP contribution in [0.1, 0.15) is 0 Å². The lowest BCUT2D eigenvalue weighted by atomic mass is 10.3. The normalized spacial score (nSPS) is 10.4. The Kier molecular flexibility index (Phi) is 6.27. The molecule has 0 aromatic heterocycles. The number of ether oxygens (including phenoxy) is 2. The minimum atomic E-state index is -0.542. The van der Waals surface area contributed by atoms with E-state index in [0.29, 0.717) is 0 Å². The Labute approximate surface area is 117 Å². The molecule has 1 aromatic carbocycles. The Morgan fingerprint density at radius 2 is 1.35 bits per heavy atom. The van der Waals surface area contributed by atoms with E-state index in [4.69, 9.17) is 9.47 Å². The largest absolute Gasteiger partial charge is 0.423 e. The maximum Gasteiger partial charge on any atom is 0.336 e. The average molecular weight is 270 g/mol. The van der Waals surface area contributed by atoms with Gasteiger partial charge in [0.2, 0.25) is 0 Å². The van der Waals surface area contributed by atoms with Gasteiger partial charge < -0.3 is 9.47 Å². The Morgan fingerprint density at radius 1 is 0.900 bits per heavy atom. The van der Waals surface area contributed by atoms with Gasteiger partial charge in [0.15, 0.2) is 0 Å². The Morgan fingerprint density at radius 3 is 1.75 bits per heavy atom. The number of rotatable bonds is 6. The van der Waals surface area contributed by atoms with Gasteiger partial charge in [0.25, 0.3) is 0 Å². The van der Waals surface area contributed by atoms with E-state index in [2.05, 4.69) is 13.2 Å². The fraction of sp³-hybridized carbons (Fsp3) is 0. The zero-order chi connectivity index (χ0) is 14.8. The summed E-state index contributed by atoms with van der Waals surface area (Å²) < 4.78 is 10.0. The summed E-state index contributed by atoms with van der Waals surface area (Å²) in [4.78, 5) is 22.7. The summed E-state index contributed by atoms with van der Waals surface area (Å²) in [6, 6.07) is 6.21. The molecule has 0 aliphatic carbocycles. The van der Waals surface area contributed by atoms with Crippen LogP contribution in [-0.4, -0.2) is 11.9 Å². The lowest BCUT2D eigenvalue weighted by molar-refractivity contribution is -0.129. The smallest absolute Gasteiger partial charge is 0.336 e. The third-order valence-corrected chi connectivity index (χ3v) is 1.98. The van der Waals surface area contributed by atoms with E-state index in [1.807, 2.05) is 0 Å². The van der Waals surface area contributed by atoms with Gasteiger partial charge in [-0.25, -0.2) is 9.59 Å². The van der Waals surface area contributed by atoms with Gasteiger partial charge >= 0.3 is 11.9 Å². The van der Waals surface area contributed by atoms with E-state index in [-0.39, 0.29) is 11.5 Å². The van der Waals surface area contributed by atoms with Crippen LogP contribution in [0.5, 0.6) is 11.5 Å². The molecular weight excluding hydrogens is 256 g/mol. The van der Waals surface area contributed by atoms with Crippen molar-refractivity contribution in [1.82, 2.24) is 0 Å². The van der Waals surface area contributed by atoms with Crippen LogP contribution in [0, 0.1) is 0 Å². The summed E-state index contributed by atoms with van der Waals surface area (Å²) in [5.41, 5.74) is 0. The molecule has 0 heterocycles. The van der Waals surface area contributed by atoms with Crippen molar-refractivity contribution in [2.45, 2.75) is 0 Å². The standard InChI is InChI=1S/C16H14O4/c1-3-5-10-15(17)19-13-8-7-9-14(12-13)20-16(18)11-6-4-2/h3-12H,1-2H2. The van der Waals surface area contributed by atoms with E-state index in [1.54, 1.807) is 18.2 Å². The molecule has 0 saturated carbocycles. The first-order valence-electron chi connectivity index (χ1n) is 5.77. The highest BCUT2D eigenvalue weighted by Gasteiger charge is 2.04. The molecule has 0 atom stereocenters. The fourth-order valence-electron chi connectivity index (χ4n) is 1.19. The van der Waals surface area contributed by atoms with Crippen molar-refractivity contribution in [2.24, 2.45) is 0 Å². The molecular formula is C16H14O4. The molecule has 20 heavy (non-hydrogen) atoms. The quantitative estimate of drug-likeness (QED) is 0.345. The van der Waals surface area contributed by atoms with E-state index in [1.165, 1.54) is 42.5 Å². The Balaban J connectivity index is 2.70. The van der Waals surface area contributed by atoms with Crippen LogP contribution in [0.2, 0.25) is 0 Å². The molecule has 0 N–H and O–H groups in total. The monoisotopic (exact) mass is 270 g/mol. The number of hydrogen-bond acceptors (Lipinski definition) is 4. The zero-order valence-corrected chi connectivity index (χ0v) is 10.8. The first kappa shape index (κ1) is 15.2. The first-order valence-corrected chi connectivity index (χ1v) is 5.77. The lowest BCUT2D eigenvalue weighted by Crippen LogP contribution is -2.06. The number of esters is 2. The topological polar surface area (TPSA) is 52.6 Å². The summed E-state index contributed by atoms with van der Waals surface area (Å²) in [6.45, 7) is 6.89. The molecule has 0 fully saturated rings. The van der Waals surface area contributed by atoms with Crippen LogP contribution in [0.25, 0.3) is 0 Å². The molecule has 4 nitrogen and oxygen atoms in total. The van der Waals surface area contributed by atoms with Crippen LogP contribution < -0.4 is 9.47 Å². The van der Waals surface area contributed by atoms with Crippen LogP contribution in [0.4, 0.5) is 0 Å². The lowest BCUT2D eigenvalue weighted by Gasteiger charge is -2.04. The molecule has 0 aliphatic heterocycles. The predicted octanol–water partition coefficient (Wildman–Crippen LogP) is 2.98. The van der Waals surface area contributed by atoms with Crippen molar-refractivity contribution < 1.29 is 19.1 Å². The van der Waals surface area contributed by atoms with Gasteiger partial charge in [-0.2, -0.15) is 0 Å². The molecule has 0 bridgehead atoms. The third-order valence-electron chi connectivity index (χ3n) is 1.98. The van der Waals surface area contributed by atoms with Crippen molar-refractivity contribution in [3.8, 4) is 11.5 Å². The number of carbonyl (C=O) groups excluding carboxylic acids is 2. The van der Waals surface area contributed by atoms with Crippen molar-refractivity contribution in [3.63, 3.8) is 0 Å². The average Bonchev–Trinajstić information content (AvgIpc) is 2.43. The van der Waals surface area contributed by atoms with E-state index in [9.17, 15) is 9.59 Å². The van der Waals surface area contributed by atoms with Crippen molar-refractivity contribution in [2.75, 3.05) is 0 Å². The fourth-order valence-corrected chi connectivity index (χ4v) is 1.19. The molecule has 0 saturated heterocycles. The van der Waals surface area contributed by atoms with Crippen LogP contribution in [-0.2, 0) is 9.59 Å². The predicted molar refractivity (Wildman–Crippen MR) is 76.4 cm³/mol. The van der Waals surface area contributed by atoms with Crippen LogP contribution in [0.3, 0.4) is 0 Å². The second-order valence-corrected chi connectivity index (χ2v) is 3.51. The van der Waals surface area contributed by atoms with Crippen molar-refractivity contribution in [3.05, 3.63) is 73.9 Å². The molecule has 1 aromatic rings. The van der Waals surface area contributed by atoms with Crippen molar-refractivity contribution in [1.29, 1.82) is 0 Å². The second kappa shape index (κ2) is 8.26. The number of carbonyl (C=O) groups is 2.